The number of carbonyl (C=O) groups excluding carboxylic acids is 6. The first-order valence-corrected chi connectivity index (χ1v) is 41.4. The van der Waals surface area contributed by atoms with E-state index in [0.717, 1.165) is 76.7 Å². The number of unbranched alkanes of at least 4 members (excludes halogenated alkanes) is 3. The van der Waals surface area contributed by atoms with Gasteiger partial charge in [0.1, 0.15) is 0 Å². The third kappa shape index (κ3) is 36.9. The molecule has 4 aliphatic carbocycles. The fourth-order valence-electron chi connectivity index (χ4n) is 15.4. The zero-order valence-corrected chi connectivity index (χ0v) is 72.0. The molecule has 0 aromatic heterocycles. The molecule has 0 saturated carbocycles. The summed E-state index contributed by atoms with van der Waals surface area (Å²) in [6.07, 6.45) is 67.5. The predicted molar refractivity (Wildman–Crippen MR) is 466 cm³/mol. The Balaban J connectivity index is 1.30. The minimum atomic E-state index is -0.699. The third-order valence-corrected chi connectivity index (χ3v) is 22.1. The van der Waals surface area contributed by atoms with Crippen LogP contribution in [-0.4, -0.2) is 74.1 Å². The van der Waals surface area contributed by atoms with Crippen LogP contribution in [0.2, 0.25) is 0 Å². The van der Waals surface area contributed by atoms with Gasteiger partial charge in [0.15, 0.2) is 11.6 Å². The van der Waals surface area contributed by atoms with Gasteiger partial charge in [0.2, 0.25) is 23.6 Å². The maximum absolute atomic E-state index is 13.8. The number of amides is 4. The van der Waals surface area contributed by atoms with Crippen molar-refractivity contribution in [3.05, 3.63) is 235 Å². The molecule has 4 N–H and O–H groups in total. The molecular formula is C99H144N4O7. The fraction of sp³-hybridized carbons (Fsp3) is 0.535. The number of hydrogen-bond acceptors (Lipinski definition) is 7. The van der Waals surface area contributed by atoms with Gasteiger partial charge in [-0.1, -0.05) is 228 Å². The molecule has 0 aromatic carbocycles. The summed E-state index contributed by atoms with van der Waals surface area (Å²) >= 11 is 0. The lowest BCUT2D eigenvalue weighted by atomic mass is 9.72. The number of Topliss-reactive ketones (excluding diaryl/α,β-unsaturated/α-hetero) is 1. The summed E-state index contributed by atoms with van der Waals surface area (Å²) in [6.45, 7) is 45.1. The third-order valence-electron chi connectivity index (χ3n) is 22.1. The van der Waals surface area contributed by atoms with E-state index in [9.17, 15) is 28.8 Å². The Bertz CT molecular complexity index is 3820. The Labute approximate surface area is 667 Å². The van der Waals surface area contributed by atoms with Gasteiger partial charge in [-0.15, -0.1) is 0 Å². The number of carbonyl (C=O) groups is 6. The molecule has 0 bridgehead atoms. The minimum absolute atomic E-state index is 0.0443. The molecule has 0 radical (unpaired) electrons. The summed E-state index contributed by atoms with van der Waals surface area (Å²) in [7, 11) is 0. The molecule has 2 atom stereocenters. The average molecular weight is 1500 g/mol. The minimum Gasteiger partial charge on any atom is -0.380 e. The molecule has 4 aliphatic rings. The first-order chi connectivity index (χ1) is 52.0. The first-order valence-electron chi connectivity index (χ1n) is 41.4. The summed E-state index contributed by atoms with van der Waals surface area (Å²) in [4.78, 5) is 80.3. The zero-order chi connectivity index (χ0) is 81.5. The highest BCUT2D eigenvalue weighted by Crippen LogP contribution is 2.44. The van der Waals surface area contributed by atoms with E-state index in [1.165, 1.54) is 96.0 Å². The Hall–Kier alpha value is -8.02. The molecule has 0 heterocycles. The van der Waals surface area contributed by atoms with Crippen molar-refractivity contribution in [3.8, 4) is 0 Å². The van der Waals surface area contributed by atoms with E-state index in [4.69, 9.17) is 4.74 Å². The van der Waals surface area contributed by atoms with Crippen molar-refractivity contribution in [2.24, 2.45) is 27.6 Å². The fourth-order valence-corrected chi connectivity index (χ4v) is 15.4. The van der Waals surface area contributed by atoms with Gasteiger partial charge >= 0.3 is 0 Å². The number of ether oxygens (including phenoxy) is 1. The van der Waals surface area contributed by atoms with Crippen LogP contribution in [0.1, 0.15) is 280 Å². The molecule has 0 aromatic rings. The molecule has 110 heavy (non-hydrogen) atoms. The molecule has 602 valence electrons. The van der Waals surface area contributed by atoms with Gasteiger partial charge in [0, 0.05) is 63.2 Å². The van der Waals surface area contributed by atoms with Crippen molar-refractivity contribution in [1.82, 2.24) is 21.3 Å². The lowest BCUT2D eigenvalue weighted by Crippen LogP contribution is -2.37. The van der Waals surface area contributed by atoms with Gasteiger partial charge < -0.3 is 26.0 Å². The van der Waals surface area contributed by atoms with Gasteiger partial charge in [-0.2, -0.15) is 0 Å². The summed E-state index contributed by atoms with van der Waals surface area (Å²) in [5, 5.41) is 11.9. The van der Waals surface area contributed by atoms with E-state index in [1.807, 2.05) is 75.5 Å². The second-order valence-corrected chi connectivity index (χ2v) is 34.5. The van der Waals surface area contributed by atoms with E-state index in [2.05, 4.69) is 199 Å². The summed E-state index contributed by atoms with van der Waals surface area (Å²) in [5.41, 5.74) is 19.9. The lowest BCUT2D eigenvalue weighted by Gasteiger charge is -2.33. The van der Waals surface area contributed by atoms with E-state index in [1.54, 1.807) is 31.2 Å². The molecule has 4 amide bonds. The van der Waals surface area contributed by atoms with E-state index >= 15 is 0 Å². The predicted octanol–water partition coefficient (Wildman–Crippen LogP) is 23.6. The number of ketones is 2. The number of hydrogen-bond donors (Lipinski definition) is 4. The van der Waals surface area contributed by atoms with Crippen LogP contribution in [0.25, 0.3) is 0 Å². The second-order valence-electron chi connectivity index (χ2n) is 34.5. The highest BCUT2D eigenvalue weighted by Gasteiger charge is 2.30. The van der Waals surface area contributed by atoms with Gasteiger partial charge in [-0.05, 0) is 277 Å². The van der Waals surface area contributed by atoms with Crippen molar-refractivity contribution < 1.29 is 33.5 Å². The largest absolute Gasteiger partial charge is 0.380 e. The Morgan fingerprint density at radius 2 is 0.773 bits per heavy atom. The van der Waals surface area contributed by atoms with Crippen molar-refractivity contribution in [2.75, 3.05) is 32.8 Å². The number of rotatable bonds is 43. The summed E-state index contributed by atoms with van der Waals surface area (Å²) < 4.78 is 5.92. The molecular weight excluding hydrogens is 1360 g/mol. The van der Waals surface area contributed by atoms with E-state index < -0.39 is 12.0 Å². The molecule has 2 unspecified atom stereocenters. The van der Waals surface area contributed by atoms with Crippen molar-refractivity contribution in [3.63, 3.8) is 0 Å². The van der Waals surface area contributed by atoms with Gasteiger partial charge in [0.05, 0.1) is 12.6 Å². The number of nitrogens with one attached hydrogen (secondary N) is 4. The van der Waals surface area contributed by atoms with Crippen molar-refractivity contribution >= 4 is 35.2 Å². The van der Waals surface area contributed by atoms with Crippen molar-refractivity contribution in [2.45, 2.75) is 286 Å². The second kappa shape index (κ2) is 48.7. The molecule has 0 spiro atoms. The summed E-state index contributed by atoms with van der Waals surface area (Å²) in [5.74, 6) is -1.69. The highest BCUT2D eigenvalue weighted by atomic mass is 16.5. The quantitative estimate of drug-likeness (QED) is 0.0269. The topological polar surface area (TPSA) is 160 Å². The lowest BCUT2D eigenvalue weighted by molar-refractivity contribution is -0.128. The van der Waals surface area contributed by atoms with Crippen LogP contribution < -0.4 is 21.3 Å². The van der Waals surface area contributed by atoms with Crippen molar-refractivity contribution in [1.29, 1.82) is 0 Å². The van der Waals surface area contributed by atoms with Crippen LogP contribution in [0.5, 0.6) is 0 Å². The Morgan fingerprint density at radius 1 is 0.400 bits per heavy atom. The monoisotopic (exact) mass is 1500 g/mol. The van der Waals surface area contributed by atoms with Gasteiger partial charge in [0.25, 0.3) is 0 Å². The van der Waals surface area contributed by atoms with Crippen LogP contribution in [0.4, 0.5) is 0 Å². The highest BCUT2D eigenvalue weighted by molar-refractivity contribution is 5.95. The normalized spacial score (nSPS) is 19.5. The van der Waals surface area contributed by atoms with E-state index in [0.29, 0.717) is 64.6 Å². The van der Waals surface area contributed by atoms with Crippen LogP contribution in [-0.2, 0) is 33.5 Å². The molecule has 0 aliphatic heterocycles. The molecule has 0 saturated heterocycles. The average Bonchev–Trinajstić information content (AvgIpc) is 0.839. The van der Waals surface area contributed by atoms with Crippen LogP contribution in [0.15, 0.2) is 235 Å². The van der Waals surface area contributed by atoms with Crippen LogP contribution in [0.3, 0.4) is 0 Å². The van der Waals surface area contributed by atoms with Gasteiger partial charge in [-0.25, -0.2) is 0 Å². The van der Waals surface area contributed by atoms with Crippen LogP contribution in [0, 0.1) is 27.6 Å². The number of allylic oxidation sites excluding steroid dienone is 37. The standard InChI is InChI=1S/C99H144N4O7/c1-72(50-54-87-79(8)42-31-58-96(87,13)14)35-27-39-76(5)67-86(104)71-85(48-22-25-63-101-93(107)69-78(7)41-29-37-74(3)52-56-89-81(10)44-33-60-98(89,17)18)95(109)102-64-66-110-65-26-23-49-91(105)83(12)103-94(108)70-84(47-30-38-75(4)53-57-90-82(11)45-34-61-99(90,19)20)46-21-24-62-100-92(106)68-77(6)40-28-36-73(2)51-55-88-80(9)43-32-59-97(88,15)16/h27-30,35-41,47,50-57,67-70,83,85H,21-26,31-34,42-46,48-49,58-66,71H2,1-20H3,(H,100,106)(H,101,107)(H,102,109)(H,103,108)/b39-27+,40-28+,41-29+,47-30+,54-50+,55-51+,56-52+,57-53+,72-35+,73-36+,74-37+,75-38+,76-67+,77-68+,78-69+,84-70+. The Morgan fingerprint density at radius 3 is 1.17 bits per heavy atom. The molecule has 4 rings (SSSR count). The Kier molecular flexibility index (Phi) is 41.8. The smallest absolute Gasteiger partial charge is 0.244 e. The maximum atomic E-state index is 13.8. The SMILES string of the molecule is CC1=C(/C=C/C(C)=C/C=C/C(C)=C/C(=O)CC(CCCCNC(=O)/C=C(C)/C=C/C=C(C)/C=C/C2=C(C)CCCC2(C)C)C(=O)NCCOCCCCC(=O)C(C)NC(=O)/C=C(/C=C/C=C(C)/C=C/C2=C(C)CCCC2(C)C)CCCCNC(=O)/C=C(C)/C=C/C=C(C)/C=C/C2=C(C)CCCC2(C)C)C(C)(C)CCC1. The maximum Gasteiger partial charge on any atom is 0.244 e. The molecule has 0 fully saturated rings. The zero-order valence-electron chi connectivity index (χ0n) is 72.0. The van der Waals surface area contributed by atoms with Crippen LogP contribution >= 0.6 is 0 Å². The molecule has 11 nitrogen and oxygen atoms in total. The van der Waals surface area contributed by atoms with E-state index in [-0.39, 0.29) is 82.8 Å². The first kappa shape index (κ1) is 94.4. The van der Waals surface area contributed by atoms with Gasteiger partial charge in [-0.3, -0.25) is 28.8 Å². The molecule has 11 heteroatoms. The summed E-state index contributed by atoms with van der Waals surface area (Å²) in [6, 6.07) is -0.699.